The van der Waals surface area contributed by atoms with Gasteiger partial charge in [-0.3, -0.25) is 9.36 Å². The van der Waals surface area contributed by atoms with E-state index in [0.717, 1.165) is 19.2 Å². The molecule has 0 spiro atoms. The molecule has 0 saturated carbocycles. The van der Waals surface area contributed by atoms with Crippen LogP contribution in [0.2, 0.25) is 0 Å². The number of aromatic nitrogens is 3. The Labute approximate surface area is 167 Å². The lowest BCUT2D eigenvalue weighted by Gasteiger charge is -2.17. The molecule has 10 heteroatoms. The summed E-state index contributed by atoms with van der Waals surface area (Å²) in [5, 5.41) is 7.18. The zero-order valence-electron chi connectivity index (χ0n) is 16.7. The monoisotopic (exact) mass is 409 g/mol. The highest BCUT2D eigenvalue weighted by molar-refractivity contribution is 5.95. The van der Waals surface area contributed by atoms with Crippen molar-refractivity contribution in [2.75, 3.05) is 27.7 Å². The van der Waals surface area contributed by atoms with E-state index in [1.54, 1.807) is 4.57 Å². The zero-order valence-corrected chi connectivity index (χ0v) is 16.7. The molecule has 1 aliphatic heterocycles. The Balaban J connectivity index is 1.68. The molecule has 29 heavy (non-hydrogen) atoms. The number of rotatable bonds is 6. The van der Waals surface area contributed by atoms with Gasteiger partial charge in [0.05, 0.1) is 19.2 Å². The molecule has 1 atom stereocenters. The third-order valence-corrected chi connectivity index (χ3v) is 5.01. The number of nitrogens with one attached hydrogen (secondary N) is 1. The van der Waals surface area contributed by atoms with Crippen LogP contribution in [0.25, 0.3) is 0 Å². The van der Waals surface area contributed by atoms with Crippen molar-refractivity contribution in [2.24, 2.45) is 0 Å². The lowest BCUT2D eigenvalue weighted by molar-refractivity contribution is 0.0927. The van der Waals surface area contributed by atoms with Crippen LogP contribution < -0.4 is 15.7 Å². The highest BCUT2D eigenvalue weighted by Gasteiger charge is 2.25. The number of likely N-dealkylation sites (N-methyl/N-ethyl adjacent to an activating group) is 1. The van der Waals surface area contributed by atoms with Gasteiger partial charge in [-0.25, -0.2) is 18.3 Å². The average molecular weight is 409 g/mol. The number of ether oxygens (including phenoxy) is 1. The molecule has 2 heterocycles. The number of fused-ring (bicyclic) bond motifs is 1. The van der Waals surface area contributed by atoms with Gasteiger partial charge in [-0.1, -0.05) is 0 Å². The van der Waals surface area contributed by atoms with E-state index in [-0.39, 0.29) is 17.3 Å². The number of methoxy groups -OCH3 is 1. The third-order valence-electron chi connectivity index (χ3n) is 5.01. The fourth-order valence-corrected chi connectivity index (χ4v) is 3.37. The summed E-state index contributed by atoms with van der Waals surface area (Å²) in [5.74, 6) is -2.45. The van der Waals surface area contributed by atoms with Crippen LogP contribution in [0.5, 0.6) is 5.75 Å². The number of carbonyl (C=O) groups is 1. The van der Waals surface area contributed by atoms with E-state index in [9.17, 15) is 18.4 Å². The van der Waals surface area contributed by atoms with Gasteiger partial charge in [0.1, 0.15) is 5.82 Å². The predicted molar refractivity (Wildman–Crippen MR) is 102 cm³/mol. The second-order valence-corrected chi connectivity index (χ2v) is 7.32. The van der Waals surface area contributed by atoms with Crippen molar-refractivity contribution in [3.05, 3.63) is 45.6 Å². The van der Waals surface area contributed by atoms with E-state index in [2.05, 4.69) is 15.2 Å². The summed E-state index contributed by atoms with van der Waals surface area (Å²) >= 11 is 0. The van der Waals surface area contributed by atoms with Crippen molar-refractivity contribution in [1.82, 2.24) is 24.6 Å². The van der Waals surface area contributed by atoms with Gasteiger partial charge in [-0.2, -0.15) is 5.10 Å². The molecule has 1 aromatic heterocycles. The standard InChI is InChI=1S/C19H25F2N5O3/c1-24(2)10-11-26-19(28)25-9-8-12(4-7-15(25)23-26)22-18(27)13-5-6-14(20)17(29-3)16(13)21/h5-6,12H,4,7-11H2,1-3H3,(H,22,27). The largest absolute Gasteiger partial charge is 0.491 e. The van der Waals surface area contributed by atoms with Gasteiger partial charge < -0.3 is 15.0 Å². The predicted octanol–water partition coefficient (Wildman–Crippen LogP) is 1.03. The number of halogens is 2. The SMILES string of the molecule is COc1c(F)ccc(C(=O)NC2CCc3nn(CCN(C)C)c(=O)n3CC2)c1F. The fraction of sp³-hybridized carbons (Fsp3) is 0.526. The van der Waals surface area contributed by atoms with Crippen molar-refractivity contribution >= 4 is 5.91 Å². The minimum absolute atomic E-state index is 0.164. The molecular weight excluding hydrogens is 384 g/mol. The lowest BCUT2D eigenvalue weighted by atomic mass is 10.1. The summed E-state index contributed by atoms with van der Waals surface area (Å²) in [4.78, 5) is 27.0. The van der Waals surface area contributed by atoms with Crippen LogP contribution in [0.15, 0.2) is 16.9 Å². The summed E-state index contributed by atoms with van der Waals surface area (Å²) in [7, 11) is 5.00. The van der Waals surface area contributed by atoms with Gasteiger partial charge in [0.15, 0.2) is 17.4 Å². The smallest absolute Gasteiger partial charge is 0.345 e. The Bertz CT molecular complexity index is 954. The maximum Gasteiger partial charge on any atom is 0.345 e. The number of hydrogen-bond donors (Lipinski definition) is 1. The molecule has 1 N–H and O–H groups in total. The highest BCUT2D eigenvalue weighted by atomic mass is 19.1. The summed E-state index contributed by atoms with van der Waals surface area (Å²) < 4.78 is 35.7. The quantitative estimate of drug-likeness (QED) is 0.771. The molecule has 0 saturated heterocycles. The van der Waals surface area contributed by atoms with Crippen molar-refractivity contribution < 1.29 is 18.3 Å². The van der Waals surface area contributed by atoms with Crippen LogP contribution in [-0.2, 0) is 19.5 Å². The maximum atomic E-state index is 14.3. The van der Waals surface area contributed by atoms with E-state index in [4.69, 9.17) is 0 Å². The van der Waals surface area contributed by atoms with Crippen molar-refractivity contribution in [3.8, 4) is 5.75 Å². The zero-order chi connectivity index (χ0) is 21.1. The van der Waals surface area contributed by atoms with Crippen molar-refractivity contribution in [2.45, 2.75) is 38.4 Å². The topological polar surface area (TPSA) is 81.4 Å². The number of benzene rings is 1. The summed E-state index contributed by atoms with van der Waals surface area (Å²) in [5.41, 5.74) is -0.445. The number of amides is 1. The van der Waals surface area contributed by atoms with E-state index >= 15 is 0 Å². The van der Waals surface area contributed by atoms with E-state index in [1.807, 2.05) is 19.0 Å². The Morgan fingerprint density at radius 2 is 2.10 bits per heavy atom. The molecule has 3 rings (SSSR count). The molecule has 1 unspecified atom stereocenters. The second kappa shape index (κ2) is 8.73. The van der Waals surface area contributed by atoms with Gasteiger partial charge >= 0.3 is 5.69 Å². The molecule has 2 aromatic rings. The van der Waals surface area contributed by atoms with E-state index in [0.29, 0.717) is 44.7 Å². The first kappa shape index (κ1) is 21.0. The van der Waals surface area contributed by atoms with Gasteiger partial charge in [0.2, 0.25) is 0 Å². The molecule has 1 amide bonds. The molecule has 158 valence electrons. The summed E-state index contributed by atoms with van der Waals surface area (Å²) in [6.07, 6.45) is 1.60. The normalized spacial score (nSPS) is 16.4. The maximum absolute atomic E-state index is 14.3. The van der Waals surface area contributed by atoms with E-state index < -0.39 is 23.3 Å². The summed E-state index contributed by atoms with van der Waals surface area (Å²) in [6.45, 7) is 1.63. The van der Waals surface area contributed by atoms with Gasteiger partial charge in [0, 0.05) is 25.6 Å². The molecule has 1 aromatic carbocycles. The molecule has 1 aliphatic rings. The van der Waals surface area contributed by atoms with Crippen molar-refractivity contribution in [1.29, 1.82) is 0 Å². The molecule has 0 fully saturated rings. The Morgan fingerprint density at radius 1 is 1.34 bits per heavy atom. The third kappa shape index (κ3) is 4.47. The fourth-order valence-electron chi connectivity index (χ4n) is 3.37. The lowest BCUT2D eigenvalue weighted by Crippen LogP contribution is -2.36. The number of aryl methyl sites for hydroxylation is 1. The first-order valence-corrected chi connectivity index (χ1v) is 9.46. The van der Waals surface area contributed by atoms with Crippen molar-refractivity contribution in [3.63, 3.8) is 0 Å². The Kier molecular flexibility index (Phi) is 6.31. The molecule has 8 nitrogen and oxygen atoms in total. The molecule has 0 radical (unpaired) electrons. The minimum atomic E-state index is -1.03. The number of carbonyl (C=O) groups excluding carboxylic acids is 1. The molecular formula is C19H25F2N5O3. The van der Waals surface area contributed by atoms with Crippen LogP contribution in [-0.4, -0.2) is 58.9 Å². The van der Waals surface area contributed by atoms with Gasteiger partial charge in [-0.15, -0.1) is 0 Å². The first-order valence-electron chi connectivity index (χ1n) is 9.46. The summed E-state index contributed by atoms with van der Waals surface area (Å²) in [6, 6.07) is 1.83. The minimum Gasteiger partial charge on any atom is -0.491 e. The van der Waals surface area contributed by atoms with Crippen LogP contribution in [0, 0.1) is 11.6 Å². The van der Waals surface area contributed by atoms with Crippen LogP contribution in [0.1, 0.15) is 29.0 Å². The van der Waals surface area contributed by atoms with Gasteiger partial charge in [0.25, 0.3) is 5.91 Å². The molecule has 0 bridgehead atoms. The van der Waals surface area contributed by atoms with Crippen LogP contribution >= 0.6 is 0 Å². The Morgan fingerprint density at radius 3 is 2.79 bits per heavy atom. The highest BCUT2D eigenvalue weighted by Crippen LogP contribution is 2.24. The van der Waals surface area contributed by atoms with Crippen LogP contribution in [0.4, 0.5) is 8.78 Å². The van der Waals surface area contributed by atoms with Crippen LogP contribution in [0.3, 0.4) is 0 Å². The van der Waals surface area contributed by atoms with Gasteiger partial charge in [-0.05, 0) is 39.1 Å². The molecule has 0 aliphatic carbocycles. The number of hydrogen-bond acceptors (Lipinski definition) is 5. The second-order valence-electron chi connectivity index (χ2n) is 7.32. The Hall–Kier alpha value is -2.75. The van der Waals surface area contributed by atoms with E-state index in [1.165, 1.54) is 4.68 Å². The number of nitrogens with zero attached hydrogens (tertiary/aromatic N) is 4. The average Bonchev–Trinajstić information content (AvgIpc) is 2.83. The first-order chi connectivity index (χ1) is 13.8.